The van der Waals surface area contributed by atoms with Crippen molar-refractivity contribution < 1.29 is 14.3 Å². The number of nitrogens with one attached hydrogen (secondary N) is 1. The van der Waals surface area contributed by atoms with Crippen molar-refractivity contribution >= 4 is 23.3 Å². The van der Waals surface area contributed by atoms with E-state index in [2.05, 4.69) is 5.32 Å². The number of hydrogen-bond acceptors (Lipinski definition) is 3. The number of hydrogen-bond donors (Lipinski definition) is 1. The molecule has 1 saturated heterocycles. The van der Waals surface area contributed by atoms with E-state index in [-0.39, 0.29) is 11.9 Å². The van der Waals surface area contributed by atoms with E-state index in [4.69, 9.17) is 4.74 Å². The molecule has 0 radical (unpaired) electrons. The van der Waals surface area contributed by atoms with Crippen molar-refractivity contribution in [3.8, 4) is 5.75 Å². The van der Waals surface area contributed by atoms with Crippen molar-refractivity contribution in [1.82, 2.24) is 4.90 Å². The number of amides is 3. The summed E-state index contributed by atoms with van der Waals surface area (Å²) in [6, 6.07) is 15.0. The minimum Gasteiger partial charge on any atom is -0.494 e. The summed E-state index contributed by atoms with van der Waals surface area (Å²) in [5.74, 6) is 0.840. The van der Waals surface area contributed by atoms with Crippen LogP contribution in [-0.4, -0.2) is 43.6 Å². The van der Waals surface area contributed by atoms with E-state index in [1.165, 1.54) is 0 Å². The van der Waals surface area contributed by atoms with Crippen LogP contribution in [0.5, 0.6) is 5.75 Å². The lowest BCUT2D eigenvalue weighted by molar-refractivity contribution is -0.122. The molecule has 1 N–H and O–H groups in total. The maximum absolute atomic E-state index is 13.0. The standard InChI is InChI=1S/C21H23N3O3/c1-3-27-16-10-8-15(9-11-16)22-20(26)24-13-12-21(14-24)17-6-4-5-7-18(17)23(2)19(21)25/h4-11H,3,12-14H2,1-2H3,(H,22,26). The Kier molecular flexibility index (Phi) is 4.26. The Balaban J connectivity index is 1.49. The fourth-order valence-corrected chi connectivity index (χ4v) is 4.10. The van der Waals surface area contributed by atoms with Crippen LogP contribution in [-0.2, 0) is 10.2 Å². The highest BCUT2D eigenvalue weighted by Gasteiger charge is 2.54. The number of carbonyl (C=O) groups excluding carboxylic acids is 2. The molecule has 6 nitrogen and oxygen atoms in total. The third-order valence-electron chi connectivity index (χ3n) is 5.47. The normalized spacial score (nSPS) is 20.9. The van der Waals surface area contributed by atoms with Crippen LogP contribution in [0.25, 0.3) is 0 Å². The first-order valence-corrected chi connectivity index (χ1v) is 9.21. The molecule has 0 aliphatic carbocycles. The van der Waals surface area contributed by atoms with Crippen LogP contribution >= 0.6 is 0 Å². The van der Waals surface area contributed by atoms with Crippen LogP contribution in [0.3, 0.4) is 0 Å². The summed E-state index contributed by atoms with van der Waals surface area (Å²) in [6.07, 6.45) is 0.643. The largest absolute Gasteiger partial charge is 0.494 e. The van der Waals surface area contributed by atoms with Gasteiger partial charge in [-0.05, 0) is 49.2 Å². The number of nitrogens with zero attached hydrogens (tertiary/aromatic N) is 2. The van der Waals surface area contributed by atoms with E-state index in [0.29, 0.717) is 31.8 Å². The molecule has 1 unspecified atom stereocenters. The smallest absolute Gasteiger partial charge is 0.321 e. The van der Waals surface area contributed by atoms with E-state index < -0.39 is 5.41 Å². The van der Waals surface area contributed by atoms with Crippen LogP contribution in [0.2, 0.25) is 0 Å². The summed E-state index contributed by atoms with van der Waals surface area (Å²) in [5.41, 5.74) is 2.05. The van der Waals surface area contributed by atoms with Gasteiger partial charge >= 0.3 is 6.03 Å². The van der Waals surface area contributed by atoms with Crippen molar-refractivity contribution in [2.75, 3.05) is 37.0 Å². The molecule has 2 aliphatic heterocycles. The summed E-state index contributed by atoms with van der Waals surface area (Å²) in [4.78, 5) is 29.1. The summed E-state index contributed by atoms with van der Waals surface area (Å²) in [5, 5.41) is 2.92. The lowest BCUT2D eigenvalue weighted by atomic mass is 9.81. The first-order valence-electron chi connectivity index (χ1n) is 9.21. The van der Waals surface area contributed by atoms with Gasteiger partial charge in [0.25, 0.3) is 0 Å². The fourth-order valence-electron chi connectivity index (χ4n) is 4.10. The number of likely N-dealkylation sites (N-methyl/N-ethyl adjacent to an activating group) is 1. The van der Waals surface area contributed by atoms with Crippen molar-refractivity contribution in [2.45, 2.75) is 18.8 Å². The van der Waals surface area contributed by atoms with Gasteiger partial charge in [0.2, 0.25) is 5.91 Å². The van der Waals surface area contributed by atoms with E-state index >= 15 is 0 Å². The zero-order valence-electron chi connectivity index (χ0n) is 15.6. The van der Waals surface area contributed by atoms with Crippen LogP contribution < -0.4 is 15.0 Å². The second-order valence-electron chi connectivity index (χ2n) is 7.02. The molecule has 0 aromatic heterocycles. The van der Waals surface area contributed by atoms with Crippen molar-refractivity contribution in [2.24, 2.45) is 0 Å². The topological polar surface area (TPSA) is 61.9 Å². The van der Waals surface area contributed by atoms with Gasteiger partial charge in [-0.1, -0.05) is 18.2 Å². The number of anilines is 2. The molecule has 0 saturated carbocycles. The summed E-state index contributed by atoms with van der Waals surface area (Å²) >= 11 is 0. The third-order valence-corrected chi connectivity index (χ3v) is 5.47. The molecular weight excluding hydrogens is 342 g/mol. The van der Waals surface area contributed by atoms with E-state index in [9.17, 15) is 9.59 Å². The van der Waals surface area contributed by atoms with Gasteiger partial charge in [0, 0.05) is 31.5 Å². The zero-order chi connectivity index (χ0) is 19.0. The number of rotatable bonds is 3. The van der Waals surface area contributed by atoms with Crippen LogP contribution in [0.15, 0.2) is 48.5 Å². The molecular formula is C21H23N3O3. The highest BCUT2D eigenvalue weighted by Crippen LogP contribution is 2.46. The average Bonchev–Trinajstić information content (AvgIpc) is 3.22. The van der Waals surface area contributed by atoms with Crippen LogP contribution in [0.1, 0.15) is 18.9 Å². The Labute approximate surface area is 158 Å². The number of carbonyl (C=O) groups is 2. The minimum absolute atomic E-state index is 0.0695. The summed E-state index contributed by atoms with van der Waals surface area (Å²) < 4.78 is 5.42. The average molecular weight is 365 g/mol. The van der Waals surface area contributed by atoms with Crippen LogP contribution in [0.4, 0.5) is 16.2 Å². The third kappa shape index (κ3) is 2.81. The Morgan fingerprint density at radius 1 is 1.19 bits per heavy atom. The van der Waals surface area contributed by atoms with E-state index in [1.54, 1.807) is 16.8 Å². The summed E-state index contributed by atoms with van der Waals surface area (Å²) in [7, 11) is 1.80. The number of benzene rings is 2. The SMILES string of the molecule is CCOc1ccc(NC(=O)N2CCC3(C2)C(=O)N(C)c2ccccc23)cc1. The Morgan fingerprint density at radius 2 is 1.93 bits per heavy atom. The quantitative estimate of drug-likeness (QED) is 0.908. The molecule has 4 rings (SSSR count). The number of ether oxygens (including phenoxy) is 1. The Morgan fingerprint density at radius 3 is 2.67 bits per heavy atom. The summed E-state index contributed by atoms with van der Waals surface area (Å²) in [6.45, 7) is 3.48. The second-order valence-corrected chi connectivity index (χ2v) is 7.02. The lowest BCUT2D eigenvalue weighted by Crippen LogP contribution is -2.42. The first kappa shape index (κ1) is 17.4. The molecule has 1 spiro atoms. The van der Waals surface area contributed by atoms with Gasteiger partial charge in [0.05, 0.1) is 12.0 Å². The molecule has 27 heavy (non-hydrogen) atoms. The van der Waals surface area contributed by atoms with E-state index in [1.807, 2.05) is 55.5 Å². The molecule has 2 aromatic rings. The van der Waals surface area contributed by atoms with E-state index in [0.717, 1.165) is 17.0 Å². The monoisotopic (exact) mass is 365 g/mol. The highest BCUT2D eigenvalue weighted by atomic mass is 16.5. The van der Waals surface area contributed by atoms with Crippen LogP contribution in [0, 0.1) is 0 Å². The Bertz CT molecular complexity index is 880. The maximum atomic E-state index is 13.0. The molecule has 1 atom stereocenters. The van der Waals surface area contributed by atoms with Crippen molar-refractivity contribution in [1.29, 1.82) is 0 Å². The lowest BCUT2D eigenvalue weighted by Gasteiger charge is -2.23. The van der Waals surface area contributed by atoms with Crippen molar-refractivity contribution in [3.05, 3.63) is 54.1 Å². The minimum atomic E-state index is -0.624. The van der Waals surface area contributed by atoms with Gasteiger partial charge < -0.3 is 19.9 Å². The second kappa shape index (κ2) is 6.61. The molecule has 6 heteroatoms. The van der Waals surface area contributed by atoms with Gasteiger partial charge in [-0.25, -0.2) is 4.79 Å². The first-order chi connectivity index (χ1) is 13.0. The molecule has 0 bridgehead atoms. The van der Waals surface area contributed by atoms with Gasteiger partial charge in [-0.2, -0.15) is 0 Å². The maximum Gasteiger partial charge on any atom is 0.321 e. The highest BCUT2D eigenvalue weighted by molar-refractivity contribution is 6.08. The zero-order valence-corrected chi connectivity index (χ0v) is 15.6. The molecule has 1 fully saturated rings. The molecule has 2 heterocycles. The molecule has 3 amide bonds. The van der Waals surface area contributed by atoms with Gasteiger partial charge in [0.1, 0.15) is 5.75 Å². The number of fused-ring (bicyclic) bond motifs is 2. The predicted molar refractivity (Wildman–Crippen MR) is 104 cm³/mol. The molecule has 140 valence electrons. The van der Waals surface area contributed by atoms with Gasteiger partial charge in [0.15, 0.2) is 0 Å². The number of para-hydroxylation sites is 1. The van der Waals surface area contributed by atoms with Gasteiger partial charge in [-0.3, -0.25) is 4.79 Å². The van der Waals surface area contributed by atoms with Crippen molar-refractivity contribution in [3.63, 3.8) is 0 Å². The predicted octanol–water partition coefficient (Wildman–Crippen LogP) is 3.24. The fraction of sp³-hybridized carbons (Fsp3) is 0.333. The number of likely N-dealkylation sites (tertiary alicyclic amines) is 1. The van der Waals surface area contributed by atoms with Gasteiger partial charge in [-0.15, -0.1) is 0 Å². The molecule has 2 aliphatic rings. The molecule has 2 aromatic carbocycles. The Hall–Kier alpha value is -3.02. The number of urea groups is 1.